The van der Waals surface area contributed by atoms with Crippen LogP contribution < -0.4 is 0 Å². The topological polar surface area (TPSA) is 50.9 Å². The van der Waals surface area contributed by atoms with Crippen molar-refractivity contribution in [2.24, 2.45) is 0 Å². The van der Waals surface area contributed by atoms with Crippen LogP contribution in [-0.4, -0.2) is 19.6 Å². The van der Waals surface area contributed by atoms with Crippen molar-refractivity contribution < 1.29 is 30.3 Å². The van der Waals surface area contributed by atoms with Crippen molar-refractivity contribution >= 4 is 11.0 Å². The van der Waals surface area contributed by atoms with E-state index in [0.717, 1.165) is 50.2 Å². The fraction of sp³-hybridized carbons (Fsp3) is 0.176. The number of rotatable bonds is 6. The maximum atomic E-state index is 11.2. The maximum Gasteiger partial charge on any atom is 0.148 e. The van der Waals surface area contributed by atoms with Gasteiger partial charge in [0.2, 0.25) is 0 Å². The molecule has 282 valence electrons. The minimum absolute atomic E-state index is 0. The molecule has 5 heteroatoms. The zero-order valence-electron chi connectivity index (χ0n) is 35.5. The molecule has 0 saturated heterocycles. The van der Waals surface area contributed by atoms with Gasteiger partial charge >= 0.3 is 0 Å². The van der Waals surface area contributed by atoms with E-state index in [0.29, 0.717) is 28.1 Å². The first-order valence-corrected chi connectivity index (χ1v) is 18.7. The van der Waals surface area contributed by atoms with E-state index < -0.39 is 6.85 Å². The fourth-order valence-corrected chi connectivity index (χ4v) is 7.15. The van der Waals surface area contributed by atoms with Crippen molar-refractivity contribution in [3.8, 4) is 67.5 Å². The van der Waals surface area contributed by atoms with Crippen LogP contribution in [0.15, 0.2) is 146 Å². The first-order valence-electron chi connectivity index (χ1n) is 20.2. The van der Waals surface area contributed by atoms with Gasteiger partial charge in [-0.25, -0.2) is 4.98 Å². The molecule has 2 heterocycles. The number of para-hydroxylation sites is 2. The van der Waals surface area contributed by atoms with Crippen molar-refractivity contribution in [3.63, 3.8) is 0 Å². The molecule has 0 spiro atoms. The van der Waals surface area contributed by atoms with Gasteiger partial charge in [-0.15, -0.1) is 29.3 Å². The van der Waals surface area contributed by atoms with E-state index >= 15 is 0 Å². The van der Waals surface area contributed by atoms with Gasteiger partial charge in [0.25, 0.3) is 0 Å². The Labute approximate surface area is 349 Å². The largest absolute Gasteiger partial charge is 0.507 e. The van der Waals surface area contributed by atoms with Crippen LogP contribution in [0.3, 0.4) is 0 Å². The Bertz CT molecular complexity index is 2800. The zero-order chi connectivity index (χ0) is 41.0. The number of hydrogen-bond acceptors (Lipinski definition) is 3. The third-order valence-corrected chi connectivity index (χ3v) is 10.3. The van der Waals surface area contributed by atoms with Crippen LogP contribution in [0.2, 0.25) is 0 Å². The minimum Gasteiger partial charge on any atom is -0.507 e. The summed E-state index contributed by atoms with van der Waals surface area (Å²) in [5.74, 6) is 0.470. The molecule has 0 atom stereocenters. The molecule has 0 bridgehead atoms. The second kappa shape index (κ2) is 15.2. The number of nitrogens with zero attached hydrogens (tertiary/aromatic N) is 3. The number of fused-ring (bicyclic) bond motifs is 1. The van der Waals surface area contributed by atoms with Crippen LogP contribution in [0, 0.1) is 12.9 Å². The standard InChI is InChI=1S/C51H46N3O.Pt/c1-33-28-36(34-14-9-8-10-15-34)22-25-45(33)54-46-18-13-17-42(48(46)53-49(54)43-16-11-12-19-47(43)55)38-29-39(31-41(30-38)51(5,6)7)44-32-37(26-27-52-44)35-20-23-40(24-21-35)50(2,3)4;/h8-28,30-32,55H,1-7H3;/q-1;/i1D3;. The molecular weight excluding hydrogens is 866 g/mol. The van der Waals surface area contributed by atoms with Gasteiger partial charge in [-0.3, -0.25) is 9.55 Å². The zero-order valence-corrected chi connectivity index (χ0v) is 34.7. The molecule has 2 aromatic heterocycles. The molecule has 0 aliphatic heterocycles. The third-order valence-electron chi connectivity index (χ3n) is 10.3. The molecule has 8 aromatic rings. The second-order valence-corrected chi connectivity index (χ2v) is 16.3. The molecule has 0 unspecified atom stereocenters. The average molecular weight is 915 g/mol. The number of hydrogen-bond donors (Lipinski definition) is 1. The van der Waals surface area contributed by atoms with E-state index in [4.69, 9.17) is 14.1 Å². The molecule has 6 aromatic carbocycles. The predicted molar refractivity (Wildman–Crippen MR) is 229 cm³/mol. The number of phenols is 1. The molecular formula is C51H46N3OPt-. The number of imidazole rings is 1. The predicted octanol–water partition coefficient (Wildman–Crippen LogP) is 13.2. The summed E-state index contributed by atoms with van der Waals surface area (Å²) < 4.78 is 28.0. The summed E-state index contributed by atoms with van der Waals surface area (Å²) in [6, 6.07) is 49.2. The first-order chi connectivity index (χ1) is 27.6. The number of aryl methyl sites for hydroxylation is 1. The summed E-state index contributed by atoms with van der Waals surface area (Å²) in [5.41, 5.74) is 11.9. The number of pyridine rings is 1. The summed E-state index contributed by atoms with van der Waals surface area (Å²) in [6.07, 6.45) is 1.85. The van der Waals surface area contributed by atoms with Crippen LogP contribution in [-0.2, 0) is 31.9 Å². The summed E-state index contributed by atoms with van der Waals surface area (Å²) in [6.45, 7) is 10.8. The average Bonchev–Trinajstić information content (AvgIpc) is 3.59. The Balaban J connectivity index is 0.00000528. The van der Waals surface area contributed by atoms with Crippen LogP contribution in [0.5, 0.6) is 5.75 Å². The molecule has 0 aliphatic rings. The van der Waals surface area contributed by atoms with Gasteiger partial charge in [-0.05, 0) is 87.5 Å². The molecule has 0 aliphatic carbocycles. The van der Waals surface area contributed by atoms with E-state index in [1.54, 1.807) is 24.3 Å². The Morgan fingerprint density at radius 2 is 1.25 bits per heavy atom. The molecule has 0 saturated carbocycles. The van der Waals surface area contributed by atoms with Gasteiger partial charge in [0.15, 0.2) is 0 Å². The van der Waals surface area contributed by atoms with E-state index in [1.807, 2.05) is 83.6 Å². The van der Waals surface area contributed by atoms with Gasteiger partial charge in [-0.1, -0.05) is 144 Å². The van der Waals surface area contributed by atoms with Gasteiger partial charge in [0.05, 0.1) is 22.3 Å². The summed E-state index contributed by atoms with van der Waals surface area (Å²) in [5, 5.41) is 11.2. The fourth-order valence-electron chi connectivity index (χ4n) is 7.15. The van der Waals surface area contributed by atoms with Crippen LogP contribution in [0.1, 0.15) is 62.3 Å². The van der Waals surface area contributed by atoms with Crippen molar-refractivity contribution in [1.82, 2.24) is 14.5 Å². The molecule has 0 radical (unpaired) electrons. The molecule has 8 rings (SSSR count). The van der Waals surface area contributed by atoms with Crippen LogP contribution >= 0.6 is 0 Å². The molecule has 0 amide bonds. The number of phenolic OH excluding ortho intramolecular Hbond substituents is 1. The summed E-state index contributed by atoms with van der Waals surface area (Å²) >= 11 is 0. The maximum absolute atomic E-state index is 11.2. The Morgan fingerprint density at radius 3 is 1.96 bits per heavy atom. The smallest absolute Gasteiger partial charge is 0.148 e. The quantitative estimate of drug-likeness (QED) is 0.169. The summed E-state index contributed by atoms with van der Waals surface area (Å²) in [4.78, 5) is 10.1. The number of aromatic nitrogens is 3. The van der Waals surface area contributed by atoms with E-state index in [1.165, 1.54) is 5.56 Å². The number of aromatic hydroxyl groups is 1. The molecule has 56 heavy (non-hydrogen) atoms. The van der Waals surface area contributed by atoms with Gasteiger partial charge in [0, 0.05) is 37.1 Å². The Kier molecular flexibility index (Phi) is 9.45. The minimum atomic E-state index is -2.45. The van der Waals surface area contributed by atoms with Gasteiger partial charge in [0.1, 0.15) is 11.6 Å². The molecule has 1 N–H and O–H groups in total. The van der Waals surface area contributed by atoms with Crippen molar-refractivity contribution in [3.05, 3.63) is 168 Å². The van der Waals surface area contributed by atoms with Crippen molar-refractivity contribution in [2.75, 3.05) is 0 Å². The van der Waals surface area contributed by atoms with E-state index in [9.17, 15) is 5.11 Å². The van der Waals surface area contributed by atoms with Gasteiger partial charge < -0.3 is 5.11 Å². The SMILES string of the molecule is [2H]C([2H])([2H])c1cc(-c2ccccc2)ccc1-n1c(-c2ccccc2O)nc2c(-c3[c-]c(-c4cc(-c5ccc(C(C)(C)C)cc5)ccn4)cc(C(C)(C)C)c3)cccc21.[Pt]. The van der Waals surface area contributed by atoms with E-state index in [2.05, 4.69) is 90.1 Å². The first kappa shape index (κ1) is 34.9. The third kappa shape index (κ3) is 7.51. The van der Waals surface area contributed by atoms with E-state index in [-0.39, 0.29) is 43.2 Å². The molecule has 0 fully saturated rings. The van der Waals surface area contributed by atoms with Crippen LogP contribution in [0.25, 0.3) is 72.7 Å². The van der Waals surface area contributed by atoms with Crippen molar-refractivity contribution in [1.29, 1.82) is 0 Å². The monoisotopic (exact) mass is 914 g/mol. The number of benzene rings is 6. The van der Waals surface area contributed by atoms with Crippen molar-refractivity contribution in [2.45, 2.75) is 59.2 Å². The van der Waals surface area contributed by atoms with Crippen LogP contribution in [0.4, 0.5) is 0 Å². The Hall–Kier alpha value is -5.57. The van der Waals surface area contributed by atoms with Gasteiger partial charge in [-0.2, -0.15) is 0 Å². The summed E-state index contributed by atoms with van der Waals surface area (Å²) in [7, 11) is 0. The molecule has 4 nitrogen and oxygen atoms in total. The normalized spacial score (nSPS) is 12.8. The second-order valence-electron chi connectivity index (χ2n) is 16.3. The Morgan fingerprint density at radius 1 is 0.607 bits per heavy atom.